The van der Waals surface area contributed by atoms with Crippen LogP contribution in [-0.2, 0) is 13.2 Å². The largest absolute Gasteiger partial charge is 0.399 e. The van der Waals surface area contributed by atoms with E-state index in [1.165, 1.54) is 0 Å². The minimum absolute atomic E-state index is 0.00113. The SMILES string of the molecule is Cc1cc(N)ccc1C(=O)NCc1cccc(CO)c1. The molecule has 4 nitrogen and oxygen atoms in total. The number of nitrogens with one attached hydrogen (secondary N) is 1. The summed E-state index contributed by atoms with van der Waals surface area (Å²) in [7, 11) is 0. The molecule has 0 aliphatic rings. The normalized spacial score (nSPS) is 10.3. The maximum atomic E-state index is 12.1. The Balaban J connectivity index is 2.04. The zero-order valence-electron chi connectivity index (χ0n) is 11.4. The van der Waals surface area contributed by atoms with E-state index in [0.29, 0.717) is 17.8 Å². The number of anilines is 1. The van der Waals surface area contributed by atoms with Gasteiger partial charge in [-0.3, -0.25) is 4.79 Å². The van der Waals surface area contributed by atoms with Crippen molar-refractivity contribution in [2.45, 2.75) is 20.1 Å². The lowest BCUT2D eigenvalue weighted by atomic mass is 10.1. The molecule has 0 saturated carbocycles. The molecule has 2 aromatic rings. The molecule has 1 amide bonds. The van der Waals surface area contributed by atoms with Gasteiger partial charge in [0, 0.05) is 17.8 Å². The van der Waals surface area contributed by atoms with E-state index in [2.05, 4.69) is 5.32 Å². The quantitative estimate of drug-likeness (QED) is 0.744. The van der Waals surface area contributed by atoms with E-state index in [-0.39, 0.29) is 12.5 Å². The van der Waals surface area contributed by atoms with Crippen molar-refractivity contribution >= 4 is 11.6 Å². The van der Waals surface area contributed by atoms with E-state index in [9.17, 15) is 4.79 Å². The first kappa shape index (κ1) is 14.1. The van der Waals surface area contributed by atoms with Gasteiger partial charge in [-0.15, -0.1) is 0 Å². The van der Waals surface area contributed by atoms with Gasteiger partial charge in [0.2, 0.25) is 0 Å². The molecule has 2 aromatic carbocycles. The third-order valence-electron chi connectivity index (χ3n) is 3.12. The van der Waals surface area contributed by atoms with Gasteiger partial charge < -0.3 is 16.2 Å². The maximum Gasteiger partial charge on any atom is 0.251 e. The van der Waals surface area contributed by atoms with E-state index in [4.69, 9.17) is 10.8 Å². The molecule has 0 fully saturated rings. The average molecular weight is 270 g/mol. The number of nitrogen functional groups attached to an aromatic ring is 1. The first-order valence-corrected chi connectivity index (χ1v) is 6.43. The summed E-state index contributed by atoms with van der Waals surface area (Å²) in [6.07, 6.45) is 0. The number of aliphatic hydroxyl groups is 1. The predicted molar refractivity (Wildman–Crippen MR) is 79.1 cm³/mol. The number of benzene rings is 2. The van der Waals surface area contributed by atoms with Crippen LogP contribution >= 0.6 is 0 Å². The molecule has 4 N–H and O–H groups in total. The van der Waals surface area contributed by atoms with E-state index in [1.807, 2.05) is 31.2 Å². The Morgan fingerprint density at radius 3 is 2.65 bits per heavy atom. The molecular weight excluding hydrogens is 252 g/mol. The Morgan fingerprint density at radius 2 is 1.95 bits per heavy atom. The second-order valence-corrected chi connectivity index (χ2v) is 4.74. The second kappa shape index (κ2) is 6.21. The van der Waals surface area contributed by atoms with Crippen molar-refractivity contribution in [3.8, 4) is 0 Å². The molecule has 0 unspecified atom stereocenters. The summed E-state index contributed by atoms with van der Waals surface area (Å²) >= 11 is 0. The third kappa shape index (κ3) is 3.36. The van der Waals surface area contributed by atoms with E-state index in [1.54, 1.807) is 18.2 Å². The number of hydrogen-bond acceptors (Lipinski definition) is 3. The van der Waals surface area contributed by atoms with E-state index in [0.717, 1.165) is 16.7 Å². The van der Waals surface area contributed by atoms with E-state index >= 15 is 0 Å². The fourth-order valence-corrected chi connectivity index (χ4v) is 2.06. The zero-order chi connectivity index (χ0) is 14.5. The molecule has 0 atom stereocenters. The summed E-state index contributed by atoms with van der Waals surface area (Å²) < 4.78 is 0. The number of hydrogen-bond donors (Lipinski definition) is 3. The van der Waals surface area contributed by atoms with Gasteiger partial charge in [-0.25, -0.2) is 0 Å². The Hall–Kier alpha value is -2.33. The molecule has 0 heterocycles. The maximum absolute atomic E-state index is 12.1. The highest BCUT2D eigenvalue weighted by Crippen LogP contribution is 2.12. The van der Waals surface area contributed by atoms with Crippen molar-refractivity contribution in [3.05, 3.63) is 64.7 Å². The molecule has 0 radical (unpaired) electrons. The third-order valence-corrected chi connectivity index (χ3v) is 3.12. The van der Waals surface area contributed by atoms with Gasteiger partial charge in [0.1, 0.15) is 0 Å². The number of amides is 1. The highest BCUT2D eigenvalue weighted by Gasteiger charge is 2.08. The minimum Gasteiger partial charge on any atom is -0.399 e. The van der Waals surface area contributed by atoms with Crippen LogP contribution < -0.4 is 11.1 Å². The summed E-state index contributed by atoms with van der Waals surface area (Å²) in [6, 6.07) is 12.7. The van der Waals surface area contributed by atoms with Crippen molar-refractivity contribution in [2.24, 2.45) is 0 Å². The summed E-state index contributed by atoms with van der Waals surface area (Å²) in [5.41, 5.74) is 9.58. The van der Waals surface area contributed by atoms with Crippen LogP contribution in [0.2, 0.25) is 0 Å². The van der Waals surface area contributed by atoms with Crippen LogP contribution in [0.5, 0.6) is 0 Å². The fraction of sp³-hybridized carbons (Fsp3) is 0.188. The topological polar surface area (TPSA) is 75.4 Å². The van der Waals surface area contributed by atoms with Crippen LogP contribution in [-0.4, -0.2) is 11.0 Å². The molecule has 0 aliphatic carbocycles. The monoisotopic (exact) mass is 270 g/mol. The molecule has 2 rings (SSSR count). The summed E-state index contributed by atoms with van der Waals surface area (Å²) in [5, 5.41) is 11.9. The highest BCUT2D eigenvalue weighted by atomic mass is 16.3. The van der Waals surface area contributed by atoms with Gasteiger partial charge >= 0.3 is 0 Å². The van der Waals surface area contributed by atoms with Gasteiger partial charge in [-0.05, 0) is 41.8 Å². The Labute approximate surface area is 118 Å². The summed E-state index contributed by atoms with van der Waals surface area (Å²) in [5.74, 6) is -0.128. The Kier molecular flexibility index (Phi) is 4.38. The van der Waals surface area contributed by atoms with Crippen LogP contribution in [0.25, 0.3) is 0 Å². The summed E-state index contributed by atoms with van der Waals surface area (Å²) in [4.78, 5) is 12.1. The predicted octanol–water partition coefficient (Wildman–Crippen LogP) is 2.00. The van der Waals surface area contributed by atoms with Crippen molar-refractivity contribution in [1.29, 1.82) is 0 Å². The molecule has 104 valence electrons. The van der Waals surface area contributed by atoms with Crippen LogP contribution in [0.3, 0.4) is 0 Å². The first-order chi connectivity index (χ1) is 9.60. The number of carbonyl (C=O) groups excluding carboxylic acids is 1. The Morgan fingerprint density at radius 1 is 1.20 bits per heavy atom. The zero-order valence-corrected chi connectivity index (χ0v) is 11.4. The van der Waals surface area contributed by atoms with Crippen LogP contribution in [0.4, 0.5) is 5.69 Å². The smallest absolute Gasteiger partial charge is 0.251 e. The molecule has 0 bridgehead atoms. The van der Waals surface area contributed by atoms with E-state index < -0.39 is 0 Å². The highest BCUT2D eigenvalue weighted by molar-refractivity contribution is 5.95. The molecule has 0 aromatic heterocycles. The lowest BCUT2D eigenvalue weighted by Gasteiger charge is -2.09. The van der Waals surface area contributed by atoms with Crippen molar-refractivity contribution in [1.82, 2.24) is 5.32 Å². The standard InChI is InChI=1S/C16H18N2O2/c1-11-7-14(17)5-6-15(11)16(20)18-9-12-3-2-4-13(8-12)10-19/h2-8,19H,9-10,17H2,1H3,(H,18,20). The molecule has 0 aliphatic heterocycles. The van der Waals surface area contributed by atoms with Gasteiger partial charge in [0.05, 0.1) is 6.61 Å². The van der Waals surface area contributed by atoms with Crippen molar-refractivity contribution < 1.29 is 9.90 Å². The minimum atomic E-state index is -0.128. The molecule has 20 heavy (non-hydrogen) atoms. The van der Waals surface area contributed by atoms with Crippen molar-refractivity contribution in [2.75, 3.05) is 5.73 Å². The lowest BCUT2D eigenvalue weighted by molar-refractivity contribution is 0.0950. The van der Waals surface area contributed by atoms with Gasteiger partial charge in [0.25, 0.3) is 5.91 Å². The number of aliphatic hydroxyl groups excluding tert-OH is 1. The van der Waals surface area contributed by atoms with Crippen LogP contribution in [0.1, 0.15) is 27.0 Å². The van der Waals surface area contributed by atoms with Gasteiger partial charge in [-0.1, -0.05) is 24.3 Å². The summed E-state index contributed by atoms with van der Waals surface area (Å²) in [6.45, 7) is 2.28. The molecule has 0 saturated heterocycles. The number of carbonyl (C=O) groups is 1. The average Bonchev–Trinajstić information content (AvgIpc) is 2.45. The molecule has 4 heteroatoms. The van der Waals surface area contributed by atoms with Crippen LogP contribution in [0.15, 0.2) is 42.5 Å². The van der Waals surface area contributed by atoms with Crippen LogP contribution in [0, 0.1) is 6.92 Å². The number of nitrogens with two attached hydrogens (primary N) is 1. The number of aryl methyl sites for hydroxylation is 1. The first-order valence-electron chi connectivity index (χ1n) is 6.43. The number of rotatable bonds is 4. The lowest BCUT2D eigenvalue weighted by Crippen LogP contribution is -2.23. The molecule has 0 spiro atoms. The second-order valence-electron chi connectivity index (χ2n) is 4.74. The van der Waals surface area contributed by atoms with Gasteiger partial charge in [-0.2, -0.15) is 0 Å². The fourth-order valence-electron chi connectivity index (χ4n) is 2.06. The Bertz CT molecular complexity index is 624. The van der Waals surface area contributed by atoms with Crippen molar-refractivity contribution in [3.63, 3.8) is 0 Å². The van der Waals surface area contributed by atoms with Gasteiger partial charge in [0.15, 0.2) is 0 Å². The molecular formula is C16H18N2O2.